The summed E-state index contributed by atoms with van der Waals surface area (Å²) in [6.07, 6.45) is 18.5. The van der Waals surface area contributed by atoms with E-state index in [1.54, 1.807) is 6.92 Å². The first-order valence-corrected chi connectivity index (χ1v) is 11.6. The first kappa shape index (κ1) is 26.2. The number of ether oxygens (including phenoxy) is 2. The summed E-state index contributed by atoms with van der Waals surface area (Å²) in [5.41, 5.74) is 0.506. The van der Waals surface area contributed by atoms with Crippen LogP contribution in [0.3, 0.4) is 0 Å². The molecule has 0 rings (SSSR count). The zero-order valence-corrected chi connectivity index (χ0v) is 18.5. The van der Waals surface area contributed by atoms with Gasteiger partial charge in [0, 0.05) is 18.8 Å². The number of carbonyl (C=O) groups excluding carboxylic acids is 1. The Balaban J connectivity index is 3.87. The van der Waals surface area contributed by atoms with Crippen LogP contribution in [0.2, 0.25) is 0 Å². The van der Waals surface area contributed by atoms with Gasteiger partial charge in [0.05, 0.1) is 0 Å². The van der Waals surface area contributed by atoms with Gasteiger partial charge in [-0.05, 0) is 46.0 Å². The summed E-state index contributed by atoms with van der Waals surface area (Å²) in [5, 5.41) is 0. The topological polar surface area (TPSA) is 35.5 Å². The van der Waals surface area contributed by atoms with Crippen LogP contribution in [0.5, 0.6) is 0 Å². The monoisotopic (exact) mass is 382 g/mol. The van der Waals surface area contributed by atoms with E-state index >= 15 is 0 Å². The number of unbranched alkanes of at least 4 members (excludes halogenated alkanes) is 11. The predicted octanol–water partition coefficient (Wildman–Crippen LogP) is 7.38. The number of hydrogen-bond donors (Lipinski definition) is 0. The second-order valence-electron chi connectivity index (χ2n) is 7.82. The lowest BCUT2D eigenvalue weighted by Gasteiger charge is -2.18. The van der Waals surface area contributed by atoms with E-state index in [9.17, 15) is 4.79 Å². The Morgan fingerprint density at radius 2 is 1.26 bits per heavy atom. The van der Waals surface area contributed by atoms with Crippen LogP contribution in [0, 0.1) is 0 Å². The summed E-state index contributed by atoms with van der Waals surface area (Å²) in [4.78, 5) is 11.9. The molecule has 0 N–H and O–H groups in total. The van der Waals surface area contributed by atoms with Gasteiger partial charge in [-0.15, -0.1) is 0 Å². The Bertz CT molecular complexity index is 332. The summed E-state index contributed by atoms with van der Waals surface area (Å²) < 4.78 is 11.0. The molecule has 1 unspecified atom stereocenters. The molecule has 0 aromatic carbocycles. The van der Waals surface area contributed by atoms with Crippen molar-refractivity contribution in [1.82, 2.24) is 0 Å². The Kier molecular flexibility index (Phi) is 19.3. The van der Waals surface area contributed by atoms with Gasteiger partial charge in [-0.25, -0.2) is 4.79 Å². The molecule has 3 heteroatoms. The van der Waals surface area contributed by atoms with Crippen molar-refractivity contribution in [2.45, 2.75) is 123 Å². The van der Waals surface area contributed by atoms with Crippen molar-refractivity contribution < 1.29 is 14.3 Å². The summed E-state index contributed by atoms with van der Waals surface area (Å²) >= 11 is 0. The fourth-order valence-electron chi connectivity index (χ4n) is 3.27. The zero-order chi connectivity index (χ0) is 20.2. The lowest BCUT2D eigenvalue weighted by Crippen LogP contribution is -2.18. The molecule has 0 bridgehead atoms. The van der Waals surface area contributed by atoms with Crippen molar-refractivity contribution in [3.8, 4) is 0 Å². The minimum atomic E-state index is -0.226. The van der Waals surface area contributed by atoms with Gasteiger partial charge >= 0.3 is 5.97 Å². The fourth-order valence-corrected chi connectivity index (χ4v) is 3.27. The van der Waals surface area contributed by atoms with E-state index < -0.39 is 0 Å². The first-order chi connectivity index (χ1) is 13.1. The van der Waals surface area contributed by atoms with Crippen LogP contribution >= 0.6 is 0 Å². The zero-order valence-electron chi connectivity index (χ0n) is 18.5. The molecule has 0 aliphatic rings. The minimum Gasteiger partial charge on any atom is -0.459 e. The quantitative estimate of drug-likeness (QED) is 0.125. The molecular formula is C24H46O3. The van der Waals surface area contributed by atoms with Gasteiger partial charge in [0.1, 0.15) is 6.10 Å². The van der Waals surface area contributed by atoms with Gasteiger partial charge < -0.3 is 9.47 Å². The number of esters is 1. The summed E-state index contributed by atoms with van der Waals surface area (Å²) in [7, 11) is 0. The minimum absolute atomic E-state index is 0.0673. The van der Waals surface area contributed by atoms with E-state index in [0.29, 0.717) is 5.57 Å². The lowest BCUT2D eigenvalue weighted by molar-refractivity contribution is -0.145. The Morgan fingerprint density at radius 1 is 0.778 bits per heavy atom. The van der Waals surface area contributed by atoms with Crippen molar-refractivity contribution in [3.05, 3.63) is 12.2 Å². The molecule has 0 aromatic heterocycles. The van der Waals surface area contributed by atoms with Crippen LogP contribution in [0.15, 0.2) is 12.2 Å². The van der Waals surface area contributed by atoms with E-state index in [-0.39, 0.29) is 12.1 Å². The van der Waals surface area contributed by atoms with E-state index in [1.165, 1.54) is 64.2 Å². The maximum absolute atomic E-state index is 11.9. The molecule has 160 valence electrons. The Morgan fingerprint density at radius 3 is 1.74 bits per heavy atom. The van der Waals surface area contributed by atoms with Crippen LogP contribution < -0.4 is 0 Å². The van der Waals surface area contributed by atoms with E-state index in [1.807, 2.05) is 6.92 Å². The van der Waals surface area contributed by atoms with Crippen molar-refractivity contribution in [2.75, 3.05) is 13.2 Å². The van der Waals surface area contributed by atoms with Gasteiger partial charge in [-0.1, -0.05) is 77.7 Å². The fraction of sp³-hybridized carbons (Fsp3) is 0.875. The number of rotatable bonds is 20. The third kappa shape index (κ3) is 18.3. The van der Waals surface area contributed by atoms with Gasteiger partial charge in [-0.3, -0.25) is 0 Å². The predicted molar refractivity (Wildman–Crippen MR) is 116 cm³/mol. The average molecular weight is 383 g/mol. The molecule has 0 aliphatic heterocycles. The standard InChI is InChI=1S/C24H46O3/c1-5-7-8-9-10-11-13-16-19-23(27-24(25)22(3)4)20-17-14-12-15-18-21-26-6-2/h23H,3,5-21H2,1-2,4H3. The second kappa shape index (κ2) is 19.9. The van der Waals surface area contributed by atoms with Crippen molar-refractivity contribution in [3.63, 3.8) is 0 Å². The average Bonchev–Trinajstić information content (AvgIpc) is 2.65. The molecule has 0 spiro atoms. The smallest absolute Gasteiger partial charge is 0.333 e. The highest BCUT2D eigenvalue weighted by Crippen LogP contribution is 2.18. The molecule has 0 saturated heterocycles. The van der Waals surface area contributed by atoms with E-state index in [2.05, 4.69) is 13.5 Å². The largest absolute Gasteiger partial charge is 0.459 e. The highest BCUT2D eigenvalue weighted by Gasteiger charge is 2.14. The lowest BCUT2D eigenvalue weighted by atomic mass is 10.0. The molecule has 0 fully saturated rings. The highest BCUT2D eigenvalue weighted by molar-refractivity contribution is 5.87. The van der Waals surface area contributed by atoms with E-state index in [0.717, 1.165) is 45.3 Å². The molecule has 0 aliphatic carbocycles. The molecule has 0 aromatic rings. The second-order valence-corrected chi connectivity index (χ2v) is 7.82. The van der Waals surface area contributed by atoms with Crippen LogP contribution in [0.4, 0.5) is 0 Å². The summed E-state index contributed by atoms with van der Waals surface area (Å²) in [6.45, 7) is 11.4. The third-order valence-electron chi connectivity index (χ3n) is 5.02. The van der Waals surface area contributed by atoms with Crippen molar-refractivity contribution in [2.24, 2.45) is 0 Å². The summed E-state index contributed by atoms with van der Waals surface area (Å²) in [5.74, 6) is -0.226. The Hall–Kier alpha value is -0.830. The maximum Gasteiger partial charge on any atom is 0.333 e. The molecular weight excluding hydrogens is 336 g/mol. The maximum atomic E-state index is 11.9. The van der Waals surface area contributed by atoms with Crippen molar-refractivity contribution in [1.29, 1.82) is 0 Å². The molecule has 0 saturated carbocycles. The van der Waals surface area contributed by atoms with Crippen LogP contribution in [0.1, 0.15) is 117 Å². The van der Waals surface area contributed by atoms with Gasteiger partial charge in [0.2, 0.25) is 0 Å². The molecule has 0 radical (unpaired) electrons. The van der Waals surface area contributed by atoms with Gasteiger partial charge in [0.15, 0.2) is 0 Å². The molecule has 0 heterocycles. The first-order valence-electron chi connectivity index (χ1n) is 11.6. The van der Waals surface area contributed by atoms with Crippen LogP contribution in [-0.2, 0) is 14.3 Å². The van der Waals surface area contributed by atoms with Crippen molar-refractivity contribution >= 4 is 5.97 Å². The molecule has 3 nitrogen and oxygen atoms in total. The van der Waals surface area contributed by atoms with Gasteiger partial charge in [0.25, 0.3) is 0 Å². The number of carbonyl (C=O) groups is 1. The third-order valence-corrected chi connectivity index (χ3v) is 5.02. The van der Waals surface area contributed by atoms with Crippen LogP contribution in [-0.4, -0.2) is 25.3 Å². The highest BCUT2D eigenvalue weighted by atomic mass is 16.5. The SMILES string of the molecule is C=C(C)C(=O)OC(CCCCCCCCCC)CCCCCCCOCC. The van der Waals surface area contributed by atoms with Crippen LogP contribution in [0.25, 0.3) is 0 Å². The summed E-state index contributed by atoms with van der Waals surface area (Å²) in [6, 6.07) is 0. The normalized spacial score (nSPS) is 12.1. The van der Waals surface area contributed by atoms with Gasteiger partial charge in [-0.2, -0.15) is 0 Å². The molecule has 27 heavy (non-hydrogen) atoms. The molecule has 1 atom stereocenters. The Labute approximate surface area is 169 Å². The van der Waals surface area contributed by atoms with E-state index in [4.69, 9.17) is 9.47 Å². The molecule has 0 amide bonds. The number of hydrogen-bond acceptors (Lipinski definition) is 3.